The first-order chi connectivity index (χ1) is 16.9. The van der Waals surface area contributed by atoms with E-state index < -0.39 is 17.8 Å². The maximum atomic E-state index is 13.2. The van der Waals surface area contributed by atoms with Crippen molar-refractivity contribution < 1.29 is 23.9 Å². The van der Waals surface area contributed by atoms with Gasteiger partial charge >= 0.3 is 6.03 Å². The van der Waals surface area contributed by atoms with Gasteiger partial charge in [-0.05, 0) is 68.0 Å². The fourth-order valence-electron chi connectivity index (χ4n) is 3.51. The Labute approximate surface area is 211 Å². The number of amides is 4. The van der Waals surface area contributed by atoms with E-state index in [4.69, 9.17) is 9.47 Å². The molecule has 0 bridgehead atoms. The first-order valence-corrected chi connectivity index (χ1v) is 11.8. The number of barbiturate groups is 1. The summed E-state index contributed by atoms with van der Waals surface area (Å²) in [6, 6.07) is 19.0. The summed E-state index contributed by atoms with van der Waals surface area (Å²) in [6.07, 6.45) is 1.42. The van der Waals surface area contributed by atoms with Gasteiger partial charge in [0.2, 0.25) is 0 Å². The van der Waals surface area contributed by atoms with Crippen molar-refractivity contribution >= 4 is 45.5 Å². The highest BCUT2D eigenvalue weighted by Gasteiger charge is 2.37. The summed E-state index contributed by atoms with van der Waals surface area (Å²) < 4.78 is 12.2. The van der Waals surface area contributed by atoms with Crippen molar-refractivity contribution in [2.45, 2.75) is 20.5 Å². The Hall–Kier alpha value is -3.91. The number of anilines is 1. The Morgan fingerprint density at radius 1 is 0.943 bits per heavy atom. The molecule has 35 heavy (non-hydrogen) atoms. The number of aryl methyl sites for hydroxylation is 1. The number of carbonyl (C=O) groups is 3. The molecule has 0 spiro atoms. The second-order valence-electron chi connectivity index (χ2n) is 7.84. The molecule has 0 atom stereocenters. The predicted molar refractivity (Wildman–Crippen MR) is 136 cm³/mol. The Morgan fingerprint density at radius 3 is 2.34 bits per heavy atom. The highest BCUT2D eigenvalue weighted by Crippen LogP contribution is 2.29. The molecular formula is C27H23BrN2O5. The van der Waals surface area contributed by atoms with Crippen LogP contribution in [-0.4, -0.2) is 24.5 Å². The van der Waals surface area contributed by atoms with Crippen LogP contribution < -0.4 is 19.7 Å². The van der Waals surface area contributed by atoms with E-state index in [0.29, 0.717) is 36.0 Å². The first-order valence-electron chi connectivity index (χ1n) is 11.0. The predicted octanol–water partition coefficient (Wildman–Crippen LogP) is 5.40. The fourth-order valence-corrected chi connectivity index (χ4v) is 3.89. The highest BCUT2D eigenvalue weighted by molar-refractivity contribution is 9.10. The number of imide groups is 2. The van der Waals surface area contributed by atoms with E-state index in [2.05, 4.69) is 21.2 Å². The monoisotopic (exact) mass is 534 g/mol. The average molecular weight is 535 g/mol. The van der Waals surface area contributed by atoms with Crippen molar-refractivity contribution in [1.29, 1.82) is 0 Å². The largest absolute Gasteiger partial charge is 0.493 e. The lowest BCUT2D eigenvalue weighted by atomic mass is 10.1. The minimum absolute atomic E-state index is 0.177. The molecule has 1 N–H and O–H groups in total. The second kappa shape index (κ2) is 10.6. The zero-order valence-corrected chi connectivity index (χ0v) is 20.8. The molecule has 4 amide bonds. The van der Waals surface area contributed by atoms with Crippen LogP contribution in [0, 0.1) is 6.92 Å². The maximum Gasteiger partial charge on any atom is 0.335 e. The van der Waals surface area contributed by atoms with E-state index in [-0.39, 0.29) is 5.57 Å². The lowest BCUT2D eigenvalue weighted by Gasteiger charge is -2.26. The SMILES string of the molecule is CCOc1ccc(Br)cc1/C=C1\C(=O)NC(=O)N(c2ccc(OCc3ccc(C)cc3)cc2)C1=O. The summed E-state index contributed by atoms with van der Waals surface area (Å²) >= 11 is 3.39. The van der Waals surface area contributed by atoms with E-state index in [1.54, 1.807) is 42.5 Å². The quantitative estimate of drug-likeness (QED) is 0.324. The molecule has 1 saturated heterocycles. The first kappa shape index (κ1) is 24.2. The third kappa shape index (κ3) is 5.60. The fraction of sp³-hybridized carbons (Fsp3) is 0.148. The number of urea groups is 1. The molecule has 3 aromatic rings. The van der Waals surface area contributed by atoms with Crippen molar-refractivity contribution in [2.24, 2.45) is 0 Å². The Kier molecular flexibility index (Phi) is 7.31. The van der Waals surface area contributed by atoms with Crippen LogP contribution in [0.25, 0.3) is 6.08 Å². The van der Waals surface area contributed by atoms with Gasteiger partial charge < -0.3 is 9.47 Å². The average Bonchev–Trinajstić information content (AvgIpc) is 2.84. The summed E-state index contributed by atoms with van der Waals surface area (Å²) in [5.41, 5.74) is 2.87. The van der Waals surface area contributed by atoms with E-state index in [1.807, 2.05) is 38.1 Å². The molecule has 1 heterocycles. The highest BCUT2D eigenvalue weighted by atomic mass is 79.9. The van der Waals surface area contributed by atoms with Crippen molar-refractivity contribution in [3.8, 4) is 11.5 Å². The number of rotatable bonds is 7. The molecule has 8 heteroatoms. The number of nitrogens with zero attached hydrogens (tertiary/aromatic N) is 1. The standard InChI is InChI=1S/C27H23BrN2O5/c1-3-34-24-13-8-20(28)14-19(24)15-23-25(31)29-27(33)30(26(23)32)21-9-11-22(12-10-21)35-16-18-6-4-17(2)5-7-18/h4-15H,3,16H2,1-2H3,(H,29,31,33)/b23-15+. The summed E-state index contributed by atoms with van der Waals surface area (Å²) in [6.45, 7) is 4.66. The van der Waals surface area contributed by atoms with E-state index >= 15 is 0 Å². The Bertz CT molecular complexity index is 1300. The molecule has 0 aromatic heterocycles. The van der Waals surface area contributed by atoms with E-state index in [0.717, 1.165) is 14.9 Å². The van der Waals surface area contributed by atoms with Crippen LogP contribution in [0.15, 0.2) is 76.8 Å². The number of hydrogen-bond donors (Lipinski definition) is 1. The number of nitrogens with one attached hydrogen (secondary N) is 1. The van der Waals surface area contributed by atoms with Crippen LogP contribution in [0.4, 0.5) is 10.5 Å². The molecule has 0 radical (unpaired) electrons. The van der Waals surface area contributed by atoms with Crippen molar-refractivity contribution in [3.63, 3.8) is 0 Å². The van der Waals surface area contributed by atoms with Gasteiger partial charge in [-0.2, -0.15) is 0 Å². The van der Waals surface area contributed by atoms with Gasteiger partial charge in [0.15, 0.2) is 0 Å². The molecule has 1 aliphatic rings. The van der Waals surface area contributed by atoms with Gasteiger partial charge in [-0.25, -0.2) is 9.69 Å². The van der Waals surface area contributed by atoms with Crippen LogP contribution >= 0.6 is 15.9 Å². The van der Waals surface area contributed by atoms with Crippen LogP contribution in [0.5, 0.6) is 11.5 Å². The molecule has 0 saturated carbocycles. The zero-order valence-electron chi connectivity index (χ0n) is 19.2. The molecule has 1 fully saturated rings. The molecular weight excluding hydrogens is 512 g/mol. The lowest BCUT2D eigenvalue weighted by Crippen LogP contribution is -2.54. The minimum atomic E-state index is -0.815. The van der Waals surface area contributed by atoms with Crippen LogP contribution in [0.1, 0.15) is 23.6 Å². The van der Waals surface area contributed by atoms with Gasteiger partial charge in [-0.1, -0.05) is 45.8 Å². The van der Waals surface area contributed by atoms with Crippen molar-refractivity contribution in [2.75, 3.05) is 11.5 Å². The second-order valence-corrected chi connectivity index (χ2v) is 8.76. The van der Waals surface area contributed by atoms with Gasteiger partial charge in [-0.15, -0.1) is 0 Å². The van der Waals surface area contributed by atoms with Crippen LogP contribution in [0.3, 0.4) is 0 Å². The number of halogens is 1. The topological polar surface area (TPSA) is 84.9 Å². The van der Waals surface area contributed by atoms with Crippen molar-refractivity contribution in [1.82, 2.24) is 5.32 Å². The summed E-state index contributed by atoms with van der Waals surface area (Å²) in [5.74, 6) is -0.393. The summed E-state index contributed by atoms with van der Waals surface area (Å²) in [5, 5.41) is 2.24. The number of carbonyl (C=O) groups excluding carboxylic acids is 3. The maximum absolute atomic E-state index is 13.2. The van der Waals surface area contributed by atoms with Crippen molar-refractivity contribution in [3.05, 3.63) is 93.5 Å². The zero-order chi connectivity index (χ0) is 24.9. The summed E-state index contributed by atoms with van der Waals surface area (Å²) in [4.78, 5) is 39.2. The normalized spacial score (nSPS) is 14.8. The van der Waals surface area contributed by atoms with Crippen LogP contribution in [0.2, 0.25) is 0 Å². The van der Waals surface area contributed by atoms with Crippen LogP contribution in [-0.2, 0) is 16.2 Å². The smallest absolute Gasteiger partial charge is 0.335 e. The number of ether oxygens (including phenoxy) is 2. The Balaban J connectivity index is 1.56. The van der Waals surface area contributed by atoms with E-state index in [1.165, 1.54) is 11.6 Å². The number of benzene rings is 3. The molecule has 3 aromatic carbocycles. The Morgan fingerprint density at radius 2 is 1.66 bits per heavy atom. The number of hydrogen-bond acceptors (Lipinski definition) is 5. The molecule has 0 unspecified atom stereocenters. The van der Waals surface area contributed by atoms with E-state index in [9.17, 15) is 14.4 Å². The third-order valence-electron chi connectivity index (χ3n) is 5.29. The van der Waals surface area contributed by atoms with Gasteiger partial charge in [0.1, 0.15) is 23.7 Å². The minimum Gasteiger partial charge on any atom is -0.493 e. The van der Waals surface area contributed by atoms with Gasteiger partial charge in [0.25, 0.3) is 11.8 Å². The third-order valence-corrected chi connectivity index (χ3v) is 5.79. The molecule has 178 valence electrons. The lowest BCUT2D eigenvalue weighted by molar-refractivity contribution is -0.122. The molecule has 4 rings (SSSR count). The van der Waals surface area contributed by atoms with Gasteiger partial charge in [0, 0.05) is 10.0 Å². The molecule has 1 aliphatic heterocycles. The summed E-state index contributed by atoms with van der Waals surface area (Å²) in [7, 11) is 0. The molecule has 7 nitrogen and oxygen atoms in total. The van der Waals surface area contributed by atoms with Gasteiger partial charge in [-0.3, -0.25) is 14.9 Å². The van der Waals surface area contributed by atoms with Gasteiger partial charge in [0.05, 0.1) is 12.3 Å². The molecule has 0 aliphatic carbocycles.